The topological polar surface area (TPSA) is 52.8 Å². The molecule has 100 valence electrons. The number of ether oxygens (including phenoxy) is 1. The number of rotatable bonds is 4. The van der Waals surface area contributed by atoms with Crippen LogP contribution in [0.5, 0.6) is 5.75 Å². The molecule has 3 aromatic rings. The molecule has 0 saturated heterocycles. The van der Waals surface area contributed by atoms with Crippen molar-refractivity contribution in [2.45, 2.75) is 6.61 Å². The molecule has 5 nitrogen and oxygen atoms in total. The van der Waals surface area contributed by atoms with E-state index in [1.807, 2.05) is 35.0 Å². The van der Waals surface area contributed by atoms with Crippen molar-refractivity contribution in [1.29, 1.82) is 0 Å². The van der Waals surface area contributed by atoms with Gasteiger partial charge in [-0.2, -0.15) is 5.10 Å². The standard InChI is InChI=1S/C14H11ClN4O/c15-14-7-13(8-17-18-14)20-9-11-1-3-12(4-2-11)19-6-5-16-10-19/h1-8,10H,9H2. The second-order valence-electron chi connectivity index (χ2n) is 4.14. The van der Waals surface area contributed by atoms with Gasteiger partial charge in [-0.15, -0.1) is 5.10 Å². The third-order valence-corrected chi connectivity index (χ3v) is 2.93. The molecule has 1 aromatic carbocycles. The van der Waals surface area contributed by atoms with Crippen molar-refractivity contribution in [1.82, 2.24) is 19.7 Å². The lowest BCUT2D eigenvalue weighted by molar-refractivity contribution is 0.304. The first-order valence-electron chi connectivity index (χ1n) is 5.99. The first kappa shape index (κ1) is 12.6. The second kappa shape index (κ2) is 5.71. The summed E-state index contributed by atoms with van der Waals surface area (Å²) in [6, 6.07) is 9.67. The number of hydrogen-bond donors (Lipinski definition) is 0. The Morgan fingerprint density at radius 3 is 2.75 bits per heavy atom. The van der Waals surface area contributed by atoms with Crippen LogP contribution in [0.1, 0.15) is 5.56 Å². The van der Waals surface area contributed by atoms with E-state index in [1.165, 1.54) is 6.20 Å². The number of benzene rings is 1. The molecule has 20 heavy (non-hydrogen) atoms. The minimum atomic E-state index is 0.318. The summed E-state index contributed by atoms with van der Waals surface area (Å²) in [5.74, 6) is 0.601. The molecule has 0 unspecified atom stereocenters. The van der Waals surface area contributed by atoms with E-state index < -0.39 is 0 Å². The van der Waals surface area contributed by atoms with Crippen LogP contribution in [0.2, 0.25) is 5.15 Å². The third kappa shape index (κ3) is 2.95. The highest BCUT2D eigenvalue weighted by atomic mass is 35.5. The van der Waals surface area contributed by atoms with E-state index in [0.29, 0.717) is 17.5 Å². The van der Waals surface area contributed by atoms with Crippen LogP contribution in [0.3, 0.4) is 0 Å². The molecule has 0 aliphatic rings. The van der Waals surface area contributed by atoms with E-state index in [1.54, 1.807) is 18.6 Å². The van der Waals surface area contributed by atoms with Crippen molar-refractivity contribution in [2.75, 3.05) is 0 Å². The third-order valence-electron chi connectivity index (χ3n) is 2.74. The van der Waals surface area contributed by atoms with Gasteiger partial charge in [-0.3, -0.25) is 0 Å². The smallest absolute Gasteiger partial charge is 0.155 e. The Balaban J connectivity index is 1.67. The fourth-order valence-electron chi connectivity index (χ4n) is 1.75. The summed E-state index contributed by atoms with van der Waals surface area (Å²) >= 11 is 5.74. The Labute approximate surface area is 120 Å². The van der Waals surface area contributed by atoms with Gasteiger partial charge in [-0.05, 0) is 17.7 Å². The molecule has 0 amide bonds. The number of nitrogens with zero attached hydrogens (tertiary/aromatic N) is 4. The molecule has 0 aliphatic heterocycles. The van der Waals surface area contributed by atoms with Crippen LogP contribution >= 0.6 is 11.6 Å². The average Bonchev–Trinajstić information content (AvgIpc) is 3.00. The molecule has 0 radical (unpaired) electrons. The fourth-order valence-corrected chi connectivity index (χ4v) is 1.90. The predicted octanol–water partition coefficient (Wildman–Crippen LogP) is 2.89. The van der Waals surface area contributed by atoms with E-state index in [9.17, 15) is 0 Å². The molecule has 0 fully saturated rings. The quantitative estimate of drug-likeness (QED) is 0.740. The molecular weight excluding hydrogens is 276 g/mol. The van der Waals surface area contributed by atoms with Crippen LogP contribution < -0.4 is 4.74 Å². The maximum absolute atomic E-state index is 5.74. The molecule has 0 atom stereocenters. The zero-order valence-corrected chi connectivity index (χ0v) is 11.2. The first-order chi connectivity index (χ1) is 9.81. The summed E-state index contributed by atoms with van der Waals surface area (Å²) in [5.41, 5.74) is 2.11. The normalized spacial score (nSPS) is 10.4. The Morgan fingerprint density at radius 1 is 1.20 bits per heavy atom. The van der Waals surface area contributed by atoms with Gasteiger partial charge >= 0.3 is 0 Å². The van der Waals surface area contributed by atoms with Crippen molar-refractivity contribution < 1.29 is 4.74 Å². The molecule has 2 aromatic heterocycles. The summed E-state index contributed by atoms with van der Waals surface area (Å²) in [7, 11) is 0. The van der Waals surface area contributed by atoms with Gasteiger partial charge in [-0.25, -0.2) is 4.98 Å². The van der Waals surface area contributed by atoms with Crippen molar-refractivity contribution in [2.24, 2.45) is 0 Å². The van der Waals surface area contributed by atoms with E-state index >= 15 is 0 Å². The molecule has 0 bridgehead atoms. The Hall–Kier alpha value is -2.40. The maximum atomic E-state index is 5.74. The van der Waals surface area contributed by atoms with Crippen molar-refractivity contribution >= 4 is 11.6 Å². The SMILES string of the molecule is Clc1cc(OCc2ccc(-n3ccnc3)cc2)cnn1. The van der Waals surface area contributed by atoms with Crippen molar-refractivity contribution in [3.05, 3.63) is 66.0 Å². The molecule has 0 spiro atoms. The number of aromatic nitrogens is 4. The highest BCUT2D eigenvalue weighted by molar-refractivity contribution is 6.29. The van der Waals surface area contributed by atoms with Gasteiger partial charge in [0.2, 0.25) is 0 Å². The first-order valence-corrected chi connectivity index (χ1v) is 6.37. The maximum Gasteiger partial charge on any atom is 0.155 e. The van der Waals surface area contributed by atoms with Crippen molar-refractivity contribution in [3.63, 3.8) is 0 Å². The van der Waals surface area contributed by atoms with E-state index in [4.69, 9.17) is 16.3 Å². The van der Waals surface area contributed by atoms with Crippen LogP contribution in [-0.4, -0.2) is 19.7 Å². The molecule has 2 heterocycles. The van der Waals surface area contributed by atoms with Crippen LogP contribution in [-0.2, 0) is 6.61 Å². The van der Waals surface area contributed by atoms with Crippen LogP contribution in [0.25, 0.3) is 5.69 Å². The summed E-state index contributed by atoms with van der Waals surface area (Å²) < 4.78 is 7.54. The highest BCUT2D eigenvalue weighted by Gasteiger charge is 2.00. The van der Waals surface area contributed by atoms with Crippen LogP contribution in [0.15, 0.2) is 55.2 Å². The zero-order valence-electron chi connectivity index (χ0n) is 10.5. The number of imidazole rings is 1. The van der Waals surface area contributed by atoms with E-state index in [0.717, 1.165) is 11.3 Å². The average molecular weight is 287 g/mol. The number of halogens is 1. The minimum absolute atomic E-state index is 0.318. The lowest BCUT2D eigenvalue weighted by atomic mass is 10.2. The minimum Gasteiger partial charge on any atom is -0.487 e. The molecule has 6 heteroatoms. The Kier molecular flexibility index (Phi) is 3.60. The van der Waals surface area contributed by atoms with Gasteiger partial charge in [0.05, 0.1) is 12.5 Å². The second-order valence-corrected chi connectivity index (χ2v) is 4.53. The van der Waals surface area contributed by atoms with Gasteiger partial charge in [0.25, 0.3) is 0 Å². The molecule has 0 saturated carbocycles. The fraction of sp³-hybridized carbons (Fsp3) is 0.0714. The molecule has 0 aliphatic carbocycles. The summed E-state index contributed by atoms with van der Waals surface area (Å²) in [6.07, 6.45) is 6.94. The van der Waals surface area contributed by atoms with Crippen LogP contribution in [0.4, 0.5) is 0 Å². The van der Waals surface area contributed by atoms with Gasteiger partial charge < -0.3 is 9.30 Å². The monoisotopic (exact) mass is 286 g/mol. The van der Waals surface area contributed by atoms with Gasteiger partial charge in [-0.1, -0.05) is 23.7 Å². The molecular formula is C14H11ClN4O. The van der Waals surface area contributed by atoms with Crippen LogP contribution in [0, 0.1) is 0 Å². The lowest BCUT2D eigenvalue weighted by Gasteiger charge is -2.07. The van der Waals surface area contributed by atoms with Gasteiger partial charge in [0.15, 0.2) is 5.15 Å². The summed E-state index contributed by atoms with van der Waals surface area (Å²) in [4.78, 5) is 4.02. The largest absolute Gasteiger partial charge is 0.487 e. The highest BCUT2D eigenvalue weighted by Crippen LogP contribution is 2.15. The summed E-state index contributed by atoms with van der Waals surface area (Å²) in [5, 5.41) is 7.71. The van der Waals surface area contributed by atoms with E-state index in [2.05, 4.69) is 15.2 Å². The van der Waals surface area contributed by atoms with E-state index in [-0.39, 0.29) is 0 Å². The lowest BCUT2D eigenvalue weighted by Crippen LogP contribution is -1.97. The molecule has 3 rings (SSSR count). The summed E-state index contributed by atoms with van der Waals surface area (Å²) in [6.45, 7) is 0.451. The molecule has 0 N–H and O–H groups in total. The van der Waals surface area contributed by atoms with Gasteiger partial charge in [0, 0.05) is 24.1 Å². The number of hydrogen-bond acceptors (Lipinski definition) is 4. The zero-order chi connectivity index (χ0) is 13.8. The Morgan fingerprint density at radius 2 is 2.05 bits per heavy atom. The van der Waals surface area contributed by atoms with Gasteiger partial charge in [0.1, 0.15) is 12.4 Å². The Bertz CT molecular complexity index is 683. The predicted molar refractivity (Wildman–Crippen MR) is 74.9 cm³/mol. The van der Waals surface area contributed by atoms with Crippen molar-refractivity contribution in [3.8, 4) is 11.4 Å².